The quantitative estimate of drug-likeness (QED) is 0.216. The normalized spacial score (nSPS) is 13.7. The van der Waals surface area contributed by atoms with Gasteiger partial charge < -0.3 is 5.11 Å². The lowest BCUT2D eigenvalue weighted by atomic mass is 10.0. The van der Waals surface area contributed by atoms with Crippen molar-refractivity contribution in [2.75, 3.05) is 26.7 Å². The first-order valence-electron chi connectivity index (χ1n) is 11.6. The molecular formula is C23H48NO2+. The third-order valence-electron chi connectivity index (χ3n) is 5.89. The van der Waals surface area contributed by atoms with Crippen molar-refractivity contribution in [2.45, 2.75) is 117 Å². The van der Waals surface area contributed by atoms with Gasteiger partial charge >= 0.3 is 5.91 Å². The van der Waals surface area contributed by atoms with Crippen molar-refractivity contribution in [3.63, 3.8) is 0 Å². The highest BCUT2D eigenvalue weighted by Gasteiger charge is 2.27. The Morgan fingerprint density at radius 3 is 1.42 bits per heavy atom. The molecule has 0 aliphatic carbocycles. The molecule has 0 aliphatic rings. The molecule has 0 aromatic rings. The molecule has 1 amide bonds. The lowest BCUT2D eigenvalue weighted by molar-refractivity contribution is -0.833. The molecule has 3 nitrogen and oxygen atoms in total. The van der Waals surface area contributed by atoms with E-state index in [4.69, 9.17) is 5.11 Å². The summed E-state index contributed by atoms with van der Waals surface area (Å²) in [7, 11) is 1.95. The predicted octanol–water partition coefficient (Wildman–Crippen LogP) is 6.23. The van der Waals surface area contributed by atoms with E-state index in [9.17, 15) is 4.79 Å². The minimum Gasteiger partial charge on any atom is -0.390 e. The smallest absolute Gasteiger partial charge is 0.313 e. The van der Waals surface area contributed by atoms with Crippen molar-refractivity contribution < 1.29 is 14.4 Å². The Morgan fingerprint density at radius 1 is 0.692 bits per heavy atom. The largest absolute Gasteiger partial charge is 0.390 e. The van der Waals surface area contributed by atoms with Gasteiger partial charge in [0.25, 0.3) is 0 Å². The zero-order valence-electron chi connectivity index (χ0n) is 18.2. The molecular weight excluding hydrogens is 322 g/mol. The molecule has 1 atom stereocenters. The standard InChI is InChI=1S/C23H48NO2/c1-4-6-7-8-9-10-11-12-13-14-15-16-17-18-19-20-23(26)24(3,5-2)21-22-25/h25H,4-22H2,1-3H3/q+1. The number of rotatable bonds is 19. The molecule has 0 aromatic heterocycles. The Balaban J connectivity index is 3.35. The molecule has 0 aliphatic heterocycles. The van der Waals surface area contributed by atoms with Gasteiger partial charge in [-0.3, -0.25) is 4.48 Å². The van der Waals surface area contributed by atoms with E-state index in [2.05, 4.69) is 6.92 Å². The molecule has 0 saturated carbocycles. The van der Waals surface area contributed by atoms with Crippen LogP contribution in [0.5, 0.6) is 0 Å². The molecule has 0 spiro atoms. The average molecular weight is 371 g/mol. The van der Waals surface area contributed by atoms with Gasteiger partial charge in [0.15, 0.2) is 0 Å². The molecule has 0 aromatic carbocycles. The molecule has 156 valence electrons. The predicted molar refractivity (Wildman–Crippen MR) is 113 cm³/mol. The first-order valence-corrected chi connectivity index (χ1v) is 11.6. The minimum atomic E-state index is 0.0922. The highest BCUT2D eigenvalue weighted by Crippen LogP contribution is 2.15. The Kier molecular flexibility index (Phi) is 17.7. The van der Waals surface area contributed by atoms with Crippen LogP contribution < -0.4 is 0 Å². The molecule has 0 rings (SSSR count). The first-order chi connectivity index (χ1) is 12.6. The van der Waals surface area contributed by atoms with Gasteiger partial charge in [-0.15, -0.1) is 0 Å². The fraction of sp³-hybridized carbons (Fsp3) is 0.957. The van der Waals surface area contributed by atoms with E-state index < -0.39 is 0 Å². The van der Waals surface area contributed by atoms with Gasteiger partial charge in [0.2, 0.25) is 0 Å². The van der Waals surface area contributed by atoms with Crippen molar-refractivity contribution in [3.8, 4) is 0 Å². The van der Waals surface area contributed by atoms with Crippen LogP contribution in [0.25, 0.3) is 0 Å². The SMILES string of the molecule is CCCCCCCCCCCCCCCCCC(=O)[N+](C)(CC)CCO. The van der Waals surface area contributed by atoms with E-state index in [0.717, 1.165) is 13.0 Å². The summed E-state index contributed by atoms with van der Waals surface area (Å²) in [4.78, 5) is 12.3. The second-order valence-corrected chi connectivity index (χ2v) is 8.25. The van der Waals surface area contributed by atoms with Crippen LogP contribution in [0.3, 0.4) is 0 Å². The Morgan fingerprint density at radius 2 is 1.08 bits per heavy atom. The average Bonchev–Trinajstić information content (AvgIpc) is 2.64. The second-order valence-electron chi connectivity index (χ2n) is 8.25. The van der Waals surface area contributed by atoms with Crippen LogP contribution in [0.15, 0.2) is 0 Å². The highest BCUT2D eigenvalue weighted by atomic mass is 16.3. The molecule has 3 heteroatoms. The maximum absolute atomic E-state index is 12.3. The van der Waals surface area contributed by atoms with E-state index in [1.165, 1.54) is 89.9 Å². The summed E-state index contributed by atoms with van der Waals surface area (Å²) in [5.41, 5.74) is 0. The van der Waals surface area contributed by atoms with Gasteiger partial charge in [0, 0.05) is 0 Å². The second kappa shape index (κ2) is 18.0. The van der Waals surface area contributed by atoms with Gasteiger partial charge in [0.1, 0.15) is 6.54 Å². The number of carbonyl (C=O) groups is 1. The Hall–Kier alpha value is -0.410. The highest BCUT2D eigenvalue weighted by molar-refractivity contribution is 5.68. The Labute approximate surface area is 164 Å². The number of hydrogen-bond donors (Lipinski definition) is 1. The van der Waals surface area contributed by atoms with Gasteiger partial charge in [-0.05, 0) is 13.3 Å². The summed E-state index contributed by atoms with van der Waals surface area (Å²) < 4.78 is 0.384. The third-order valence-corrected chi connectivity index (χ3v) is 5.89. The van der Waals surface area contributed by atoms with Crippen molar-refractivity contribution in [3.05, 3.63) is 0 Å². The maximum Gasteiger partial charge on any atom is 0.313 e. The molecule has 0 heterocycles. The molecule has 26 heavy (non-hydrogen) atoms. The summed E-state index contributed by atoms with van der Waals surface area (Å²) in [6, 6.07) is 0. The van der Waals surface area contributed by atoms with Crippen LogP contribution in [0.1, 0.15) is 117 Å². The number of hydrogen-bond acceptors (Lipinski definition) is 2. The first kappa shape index (κ1) is 25.6. The fourth-order valence-corrected chi connectivity index (χ4v) is 3.60. The van der Waals surface area contributed by atoms with Crippen LogP contribution in [-0.4, -0.2) is 42.2 Å². The van der Waals surface area contributed by atoms with E-state index in [-0.39, 0.29) is 12.5 Å². The molecule has 1 N–H and O–H groups in total. The number of carbonyl (C=O) groups excluding carboxylic acids is 1. The summed E-state index contributed by atoms with van der Waals surface area (Å²) in [6.07, 6.45) is 20.9. The third kappa shape index (κ3) is 13.7. The van der Waals surface area contributed by atoms with Crippen molar-refractivity contribution >= 4 is 5.91 Å². The zero-order valence-corrected chi connectivity index (χ0v) is 18.2. The van der Waals surface area contributed by atoms with Gasteiger partial charge in [0.05, 0.1) is 26.6 Å². The van der Waals surface area contributed by atoms with Crippen LogP contribution in [0.4, 0.5) is 0 Å². The monoisotopic (exact) mass is 370 g/mol. The van der Waals surface area contributed by atoms with E-state index in [0.29, 0.717) is 17.4 Å². The Bertz CT molecular complexity index is 319. The summed E-state index contributed by atoms with van der Waals surface area (Å²) in [5, 5.41) is 9.12. The minimum absolute atomic E-state index is 0.0922. The van der Waals surface area contributed by atoms with Gasteiger partial charge in [-0.2, -0.15) is 0 Å². The zero-order chi connectivity index (χ0) is 19.5. The number of aliphatic hydroxyl groups excluding tert-OH is 1. The molecule has 0 saturated heterocycles. The van der Waals surface area contributed by atoms with Crippen LogP contribution in [0.2, 0.25) is 0 Å². The number of quaternary nitrogens is 1. The number of amides is 1. The van der Waals surface area contributed by atoms with Crippen LogP contribution >= 0.6 is 0 Å². The van der Waals surface area contributed by atoms with E-state index in [1.54, 1.807) is 0 Å². The summed E-state index contributed by atoms with van der Waals surface area (Å²) in [5.74, 6) is 0.288. The summed E-state index contributed by atoms with van der Waals surface area (Å²) in [6.45, 7) is 5.72. The molecule has 0 bridgehead atoms. The van der Waals surface area contributed by atoms with Crippen molar-refractivity contribution in [1.29, 1.82) is 0 Å². The van der Waals surface area contributed by atoms with Crippen LogP contribution in [-0.2, 0) is 4.79 Å². The topological polar surface area (TPSA) is 37.3 Å². The van der Waals surface area contributed by atoms with Crippen molar-refractivity contribution in [2.24, 2.45) is 0 Å². The lowest BCUT2D eigenvalue weighted by Crippen LogP contribution is -2.50. The van der Waals surface area contributed by atoms with Gasteiger partial charge in [-0.1, -0.05) is 96.8 Å². The number of unbranched alkanes of at least 4 members (excludes halogenated alkanes) is 14. The lowest BCUT2D eigenvalue weighted by Gasteiger charge is -2.29. The molecule has 1 unspecified atom stereocenters. The van der Waals surface area contributed by atoms with Crippen LogP contribution in [0, 0.1) is 0 Å². The molecule has 0 fully saturated rings. The number of aliphatic hydroxyl groups is 1. The molecule has 0 radical (unpaired) electrons. The van der Waals surface area contributed by atoms with Gasteiger partial charge in [-0.25, -0.2) is 4.79 Å². The van der Waals surface area contributed by atoms with Crippen molar-refractivity contribution in [1.82, 2.24) is 0 Å². The number of nitrogens with zero attached hydrogens (tertiary/aromatic N) is 1. The maximum atomic E-state index is 12.3. The van der Waals surface area contributed by atoms with E-state index in [1.807, 2.05) is 14.0 Å². The fourth-order valence-electron chi connectivity index (χ4n) is 3.60. The number of likely N-dealkylation sites (N-methyl/N-ethyl adjacent to an activating group) is 1. The summed E-state index contributed by atoms with van der Waals surface area (Å²) >= 11 is 0. The van der Waals surface area contributed by atoms with E-state index >= 15 is 0 Å².